The van der Waals surface area contributed by atoms with E-state index in [2.05, 4.69) is 47.6 Å². The van der Waals surface area contributed by atoms with E-state index in [0.29, 0.717) is 17.0 Å². The number of alkyl halides is 3. The summed E-state index contributed by atoms with van der Waals surface area (Å²) in [6.45, 7) is 1.89. The van der Waals surface area contributed by atoms with Gasteiger partial charge in [0.05, 0.1) is 26.5 Å². The highest BCUT2D eigenvalue weighted by molar-refractivity contribution is 9.11. The lowest BCUT2D eigenvalue weighted by Gasteiger charge is -2.33. The van der Waals surface area contributed by atoms with E-state index >= 15 is 0 Å². The lowest BCUT2D eigenvalue weighted by Crippen LogP contribution is -2.35. The molecule has 0 radical (unpaired) electrons. The molecule has 0 saturated heterocycles. The van der Waals surface area contributed by atoms with Crippen molar-refractivity contribution in [2.75, 3.05) is 17.2 Å². The average molecular weight is 682 g/mol. The van der Waals surface area contributed by atoms with Crippen molar-refractivity contribution in [3.05, 3.63) is 47.0 Å². The first-order chi connectivity index (χ1) is 17.6. The fourth-order valence-corrected chi connectivity index (χ4v) is 7.99. The van der Waals surface area contributed by atoms with Gasteiger partial charge in [-0.2, -0.15) is 18.3 Å². The average Bonchev–Trinajstić information content (AvgIpc) is 3.53. The van der Waals surface area contributed by atoms with Crippen molar-refractivity contribution < 1.29 is 27.5 Å². The fraction of sp³-hybridized carbons (Fsp3) is 0.435. The number of hydrogen-bond donors (Lipinski definition) is 2. The van der Waals surface area contributed by atoms with Crippen molar-refractivity contribution in [3.8, 4) is 0 Å². The first-order valence-electron chi connectivity index (χ1n) is 11.6. The molecule has 1 aliphatic carbocycles. The number of aromatic nitrogens is 2. The summed E-state index contributed by atoms with van der Waals surface area (Å²) >= 11 is 9.32. The maximum absolute atomic E-state index is 14.1. The van der Waals surface area contributed by atoms with E-state index in [-0.39, 0.29) is 29.0 Å². The van der Waals surface area contributed by atoms with Gasteiger partial charge < -0.3 is 15.4 Å². The monoisotopic (exact) mass is 680 g/mol. The zero-order valence-electron chi connectivity index (χ0n) is 19.4. The number of amides is 1. The number of rotatable bonds is 5. The van der Waals surface area contributed by atoms with Crippen LogP contribution in [0.4, 0.5) is 24.0 Å². The molecule has 4 heterocycles. The van der Waals surface area contributed by atoms with Crippen molar-refractivity contribution in [1.29, 1.82) is 0 Å². The van der Waals surface area contributed by atoms with Gasteiger partial charge in [0.15, 0.2) is 11.7 Å². The highest BCUT2D eigenvalue weighted by Gasteiger charge is 2.48. The number of halogens is 5. The Morgan fingerprint density at radius 3 is 2.68 bits per heavy atom. The Morgan fingerprint density at radius 2 is 2.00 bits per heavy atom. The number of hydrogen-bond acceptors (Lipinski definition) is 7. The predicted octanol–water partition coefficient (Wildman–Crippen LogP) is 7.50. The van der Waals surface area contributed by atoms with Gasteiger partial charge in [-0.3, -0.25) is 4.79 Å². The minimum absolute atomic E-state index is 0.0735. The highest BCUT2D eigenvalue weighted by Crippen LogP contribution is 2.48. The van der Waals surface area contributed by atoms with Crippen LogP contribution in [0.15, 0.2) is 20.4 Å². The summed E-state index contributed by atoms with van der Waals surface area (Å²) in [6, 6.07) is 1.02. The molecule has 3 aromatic rings. The molecular formula is C23H21Br2F3N4O3S2. The quantitative estimate of drug-likeness (QED) is 0.273. The number of thiophene rings is 2. The van der Waals surface area contributed by atoms with Crippen molar-refractivity contribution in [1.82, 2.24) is 9.78 Å². The number of ether oxygens (including phenoxy) is 1. The van der Waals surface area contributed by atoms with Crippen LogP contribution in [0.3, 0.4) is 0 Å². The Labute approximate surface area is 235 Å². The van der Waals surface area contributed by atoms with Crippen LogP contribution in [0.1, 0.15) is 74.4 Å². The first-order valence-corrected chi connectivity index (χ1v) is 14.8. The molecule has 2 aliphatic rings. The van der Waals surface area contributed by atoms with Gasteiger partial charge in [-0.1, -0.05) is 0 Å². The van der Waals surface area contributed by atoms with Crippen molar-refractivity contribution >= 4 is 77.2 Å². The lowest BCUT2D eigenvalue weighted by atomic mass is 9.95. The van der Waals surface area contributed by atoms with E-state index in [4.69, 9.17) is 4.74 Å². The van der Waals surface area contributed by atoms with Crippen molar-refractivity contribution in [3.63, 3.8) is 0 Å². The van der Waals surface area contributed by atoms with Crippen LogP contribution < -0.4 is 10.6 Å². The number of fused-ring (bicyclic) bond motifs is 2. The second kappa shape index (κ2) is 10.3. The van der Waals surface area contributed by atoms with Crippen LogP contribution in [0.5, 0.6) is 0 Å². The van der Waals surface area contributed by atoms with Gasteiger partial charge in [0.1, 0.15) is 10.8 Å². The normalized spacial score (nSPS) is 19.1. The summed E-state index contributed by atoms with van der Waals surface area (Å²) in [5.74, 6) is -1.16. The molecule has 0 bridgehead atoms. The van der Waals surface area contributed by atoms with Gasteiger partial charge in [0, 0.05) is 16.2 Å². The Kier molecular flexibility index (Phi) is 7.46. The molecule has 0 aromatic carbocycles. The standard InChI is InChI=1S/C23H21Br2F3N4O3S2/c1-2-35-22(34)16-10-5-3-4-6-12(10)37-21(16)30-20(33)18-17(25)19-29-11(13-7-8-15(24)36-13)9-14(23(26,27)28)32(19)31-18/h7-8,11,14,29H,2-6,9H2,1H3,(H,30,33)/t11-,14+/m1/s1. The van der Waals surface area contributed by atoms with Gasteiger partial charge in [0.25, 0.3) is 5.91 Å². The number of esters is 1. The molecule has 0 fully saturated rings. The van der Waals surface area contributed by atoms with Crippen LogP contribution in [-0.2, 0) is 17.6 Å². The second-order valence-electron chi connectivity index (χ2n) is 8.68. The summed E-state index contributed by atoms with van der Waals surface area (Å²) < 4.78 is 49.2. The number of anilines is 2. The molecule has 0 saturated carbocycles. The van der Waals surface area contributed by atoms with Crippen LogP contribution in [0, 0.1) is 0 Å². The first kappa shape index (κ1) is 26.7. The largest absolute Gasteiger partial charge is 0.462 e. The summed E-state index contributed by atoms with van der Waals surface area (Å²) in [6.07, 6.45) is -1.45. The molecule has 14 heteroatoms. The number of nitrogens with zero attached hydrogens (tertiary/aromatic N) is 2. The summed E-state index contributed by atoms with van der Waals surface area (Å²) in [5.41, 5.74) is 0.993. The number of carbonyl (C=O) groups is 2. The predicted molar refractivity (Wildman–Crippen MR) is 143 cm³/mol. The Balaban J connectivity index is 1.50. The van der Waals surface area contributed by atoms with Gasteiger partial charge in [-0.05, 0) is 82.2 Å². The number of nitrogens with one attached hydrogen (secondary N) is 2. The lowest BCUT2D eigenvalue weighted by molar-refractivity contribution is -0.173. The van der Waals surface area contributed by atoms with Crippen LogP contribution in [-0.4, -0.2) is 34.4 Å². The zero-order valence-corrected chi connectivity index (χ0v) is 24.2. The smallest absolute Gasteiger partial charge is 0.410 e. The highest BCUT2D eigenvalue weighted by atomic mass is 79.9. The molecule has 5 rings (SSSR count). The van der Waals surface area contributed by atoms with E-state index in [0.717, 1.165) is 43.0 Å². The molecule has 7 nitrogen and oxygen atoms in total. The zero-order chi connectivity index (χ0) is 26.5. The number of carbonyl (C=O) groups excluding carboxylic acids is 2. The minimum atomic E-state index is -4.58. The van der Waals surface area contributed by atoms with Crippen LogP contribution in [0.25, 0.3) is 0 Å². The van der Waals surface area contributed by atoms with E-state index in [1.54, 1.807) is 19.1 Å². The number of aryl methyl sites for hydroxylation is 1. The van der Waals surface area contributed by atoms with E-state index in [1.165, 1.54) is 22.7 Å². The molecule has 2 atom stereocenters. The molecule has 198 valence electrons. The summed E-state index contributed by atoms with van der Waals surface area (Å²) in [7, 11) is 0. The minimum Gasteiger partial charge on any atom is -0.462 e. The molecule has 3 aromatic heterocycles. The van der Waals surface area contributed by atoms with Gasteiger partial charge in [-0.15, -0.1) is 22.7 Å². The van der Waals surface area contributed by atoms with Gasteiger partial charge in [-0.25, -0.2) is 9.48 Å². The van der Waals surface area contributed by atoms with E-state index < -0.39 is 30.1 Å². The maximum atomic E-state index is 14.1. The molecule has 1 aliphatic heterocycles. The summed E-state index contributed by atoms with van der Waals surface area (Å²) in [5, 5.41) is 10.3. The third-order valence-corrected chi connectivity index (χ3v) is 10.0. The molecular weight excluding hydrogens is 661 g/mol. The molecule has 0 unspecified atom stereocenters. The van der Waals surface area contributed by atoms with Gasteiger partial charge in [0.2, 0.25) is 0 Å². The maximum Gasteiger partial charge on any atom is 0.410 e. The Morgan fingerprint density at radius 1 is 1.24 bits per heavy atom. The molecule has 37 heavy (non-hydrogen) atoms. The van der Waals surface area contributed by atoms with Crippen LogP contribution >= 0.6 is 54.5 Å². The van der Waals surface area contributed by atoms with E-state index in [9.17, 15) is 22.8 Å². The summed E-state index contributed by atoms with van der Waals surface area (Å²) in [4.78, 5) is 27.8. The Hall–Kier alpha value is -1.90. The topological polar surface area (TPSA) is 85.2 Å². The third kappa shape index (κ3) is 5.09. The molecule has 1 amide bonds. The molecule has 2 N–H and O–H groups in total. The Bertz CT molecular complexity index is 1370. The van der Waals surface area contributed by atoms with Gasteiger partial charge >= 0.3 is 12.1 Å². The van der Waals surface area contributed by atoms with Crippen molar-refractivity contribution in [2.45, 2.75) is 57.3 Å². The fourth-order valence-electron chi connectivity index (χ4n) is 4.67. The third-order valence-electron chi connectivity index (χ3n) is 6.33. The van der Waals surface area contributed by atoms with Crippen LogP contribution in [0.2, 0.25) is 0 Å². The van der Waals surface area contributed by atoms with E-state index in [1.807, 2.05) is 0 Å². The van der Waals surface area contributed by atoms with Crippen molar-refractivity contribution in [2.24, 2.45) is 0 Å². The SMILES string of the molecule is CCOC(=O)c1c(NC(=O)c2nn3c(c2Br)N[C@@H](c2ccc(Br)s2)C[C@H]3C(F)(F)F)sc2c1CCCC2. The molecule has 0 spiro atoms. The second-order valence-corrected chi connectivity index (χ2v) is 13.1.